The van der Waals surface area contributed by atoms with Gasteiger partial charge in [0.15, 0.2) is 0 Å². The Balaban J connectivity index is 1.47. The largest absolute Gasteiger partial charge is 0.457 e. The highest BCUT2D eigenvalue weighted by molar-refractivity contribution is 7.86. The van der Waals surface area contributed by atoms with Crippen LogP contribution in [0.1, 0.15) is 30.0 Å². The average molecular weight is 362 g/mol. The second kappa shape index (κ2) is 5.96. The highest BCUT2D eigenvalue weighted by Gasteiger charge is 2.33. The van der Waals surface area contributed by atoms with Gasteiger partial charge in [-0.05, 0) is 37.8 Å². The summed E-state index contributed by atoms with van der Waals surface area (Å²) in [6, 6.07) is 8.25. The number of aryl methyl sites for hydroxylation is 1. The molecule has 2 aromatic rings. The summed E-state index contributed by atoms with van der Waals surface area (Å²) in [7, 11) is -3.85. The van der Waals surface area contributed by atoms with E-state index in [4.69, 9.17) is 8.92 Å². The molecule has 132 valence electrons. The van der Waals surface area contributed by atoms with Crippen LogP contribution in [0.2, 0.25) is 0 Å². The fourth-order valence-electron chi connectivity index (χ4n) is 2.91. The molecular weight excluding hydrogens is 344 g/mol. The van der Waals surface area contributed by atoms with E-state index in [-0.39, 0.29) is 23.1 Å². The van der Waals surface area contributed by atoms with Crippen molar-refractivity contribution in [1.29, 1.82) is 0 Å². The van der Waals surface area contributed by atoms with Gasteiger partial charge >= 0.3 is 0 Å². The molecule has 0 bridgehead atoms. The summed E-state index contributed by atoms with van der Waals surface area (Å²) in [4.78, 5) is 15.7. The maximum Gasteiger partial charge on any atom is 0.300 e. The molecule has 0 spiro atoms. The van der Waals surface area contributed by atoms with E-state index in [1.165, 1.54) is 18.2 Å². The van der Waals surface area contributed by atoms with E-state index in [0.717, 1.165) is 24.1 Å². The number of hydrogen-bond donors (Lipinski definition) is 0. The van der Waals surface area contributed by atoms with Gasteiger partial charge in [-0.25, -0.2) is 0 Å². The van der Waals surface area contributed by atoms with Gasteiger partial charge < -0.3 is 4.74 Å². The summed E-state index contributed by atoms with van der Waals surface area (Å²) in [5.41, 5.74) is 1.55. The summed E-state index contributed by atoms with van der Waals surface area (Å²) < 4.78 is 37.1. The molecule has 8 heteroatoms. The van der Waals surface area contributed by atoms with Gasteiger partial charge in [-0.1, -0.05) is 17.7 Å². The van der Waals surface area contributed by atoms with Crippen molar-refractivity contribution in [3.63, 3.8) is 0 Å². The van der Waals surface area contributed by atoms with Gasteiger partial charge in [0.25, 0.3) is 21.7 Å². The topological polar surface area (TPSA) is 87.5 Å². The van der Waals surface area contributed by atoms with Crippen molar-refractivity contribution in [2.24, 2.45) is 0 Å². The molecule has 7 nitrogen and oxygen atoms in total. The number of rotatable bonds is 5. The minimum absolute atomic E-state index is 0.111. The van der Waals surface area contributed by atoms with Gasteiger partial charge in [0.2, 0.25) is 0 Å². The Morgan fingerprint density at radius 1 is 1.28 bits per heavy atom. The van der Waals surface area contributed by atoms with Crippen LogP contribution in [-0.4, -0.2) is 30.7 Å². The number of benzene rings is 1. The number of hydrogen-bond acceptors (Lipinski definition) is 6. The minimum atomic E-state index is -3.85. The first-order chi connectivity index (χ1) is 11.9. The maximum atomic E-state index is 12.3. The molecule has 2 heterocycles. The Morgan fingerprint density at radius 3 is 2.68 bits per heavy atom. The molecule has 1 fully saturated rings. The zero-order valence-electron chi connectivity index (χ0n) is 13.7. The Kier molecular flexibility index (Phi) is 3.88. The standard InChI is InChI=1S/C17H18N2O5S/c1-11-2-6-14(7-3-11)25(21,22)23-10-13-9-19-15(12-4-5-12)8-16(20)18-17(19)24-13/h2-3,6-8,12-13H,4-5,9-10H2,1H3/t13-/m0/s1. The predicted molar refractivity (Wildman–Crippen MR) is 89.2 cm³/mol. The zero-order valence-corrected chi connectivity index (χ0v) is 14.5. The third-order valence-corrected chi connectivity index (χ3v) is 5.69. The molecule has 1 aliphatic carbocycles. The molecule has 0 saturated heterocycles. The van der Waals surface area contributed by atoms with Crippen molar-refractivity contribution >= 4 is 10.1 Å². The average Bonchev–Trinajstić information content (AvgIpc) is 3.33. The molecule has 4 rings (SSSR count). The zero-order chi connectivity index (χ0) is 17.6. The number of nitrogens with zero attached hydrogens (tertiary/aromatic N) is 2. The summed E-state index contributed by atoms with van der Waals surface area (Å²) >= 11 is 0. The lowest BCUT2D eigenvalue weighted by molar-refractivity contribution is 0.147. The smallest absolute Gasteiger partial charge is 0.300 e. The van der Waals surface area contributed by atoms with Crippen LogP contribution in [0.5, 0.6) is 6.01 Å². The summed E-state index contributed by atoms with van der Waals surface area (Å²) in [6.07, 6.45) is 1.60. The van der Waals surface area contributed by atoms with Crippen molar-refractivity contribution in [3.05, 3.63) is 51.9 Å². The van der Waals surface area contributed by atoms with E-state index in [0.29, 0.717) is 12.5 Å². The van der Waals surface area contributed by atoms with Crippen LogP contribution in [0.3, 0.4) is 0 Å². The molecule has 0 amide bonds. The lowest BCUT2D eigenvalue weighted by Gasteiger charge is -2.10. The summed E-state index contributed by atoms with van der Waals surface area (Å²) in [5.74, 6) is 0.369. The van der Waals surface area contributed by atoms with Crippen LogP contribution < -0.4 is 10.3 Å². The Morgan fingerprint density at radius 2 is 2.00 bits per heavy atom. The molecule has 1 aromatic carbocycles. The monoisotopic (exact) mass is 362 g/mol. The highest BCUT2D eigenvalue weighted by atomic mass is 32.2. The van der Waals surface area contributed by atoms with Crippen molar-refractivity contribution in [2.75, 3.05) is 6.61 Å². The molecule has 1 aliphatic heterocycles. The molecule has 0 radical (unpaired) electrons. The van der Waals surface area contributed by atoms with Gasteiger partial charge in [-0.15, -0.1) is 0 Å². The van der Waals surface area contributed by atoms with Gasteiger partial charge in [0, 0.05) is 11.8 Å². The third-order valence-electron chi connectivity index (χ3n) is 4.39. The van der Waals surface area contributed by atoms with Crippen molar-refractivity contribution < 1.29 is 17.3 Å². The molecule has 1 atom stereocenters. The number of fused-ring (bicyclic) bond motifs is 1. The van der Waals surface area contributed by atoms with Gasteiger partial charge in [0.05, 0.1) is 11.4 Å². The molecule has 2 aliphatic rings. The van der Waals surface area contributed by atoms with Gasteiger partial charge in [0.1, 0.15) is 12.7 Å². The first-order valence-electron chi connectivity index (χ1n) is 8.17. The van der Waals surface area contributed by atoms with E-state index < -0.39 is 16.2 Å². The van der Waals surface area contributed by atoms with E-state index in [9.17, 15) is 13.2 Å². The first kappa shape index (κ1) is 16.3. The van der Waals surface area contributed by atoms with Gasteiger partial charge in [-0.3, -0.25) is 13.5 Å². The quantitative estimate of drug-likeness (QED) is 0.751. The fourth-order valence-corrected chi connectivity index (χ4v) is 3.84. The summed E-state index contributed by atoms with van der Waals surface area (Å²) in [5, 5.41) is 0. The molecule has 0 unspecified atom stereocenters. The van der Waals surface area contributed by atoms with E-state index in [1.807, 2.05) is 11.5 Å². The first-order valence-corrected chi connectivity index (χ1v) is 9.58. The number of ether oxygens (including phenoxy) is 1. The number of aromatic nitrogens is 2. The summed E-state index contributed by atoms with van der Waals surface area (Å²) in [6.45, 7) is 2.18. The molecule has 1 saturated carbocycles. The van der Waals surface area contributed by atoms with Gasteiger partial charge in [-0.2, -0.15) is 13.4 Å². The van der Waals surface area contributed by atoms with E-state index in [1.54, 1.807) is 12.1 Å². The highest BCUT2D eigenvalue weighted by Crippen LogP contribution is 2.41. The van der Waals surface area contributed by atoms with Crippen molar-refractivity contribution in [3.8, 4) is 6.01 Å². The molecular formula is C17H18N2O5S. The van der Waals surface area contributed by atoms with Crippen LogP contribution in [-0.2, 0) is 20.8 Å². The van der Waals surface area contributed by atoms with Crippen LogP contribution in [0.25, 0.3) is 0 Å². The van der Waals surface area contributed by atoms with Crippen LogP contribution in [0.15, 0.2) is 40.0 Å². The second-order valence-corrected chi connectivity index (χ2v) is 8.09. The SMILES string of the molecule is Cc1ccc(S(=O)(=O)OC[C@@H]2Cn3c(C4CC4)cc(=O)nc3O2)cc1. The van der Waals surface area contributed by atoms with E-state index >= 15 is 0 Å². The Hall–Kier alpha value is -2.19. The van der Waals surface area contributed by atoms with Crippen LogP contribution in [0, 0.1) is 6.92 Å². The second-order valence-electron chi connectivity index (χ2n) is 6.48. The normalized spacial score (nSPS) is 19.5. The lowest BCUT2D eigenvalue weighted by Crippen LogP contribution is -2.24. The Labute approximate surface area is 145 Å². The minimum Gasteiger partial charge on any atom is -0.457 e. The predicted octanol–water partition coefficient (Wildman–Crippen LogP) is 1.60. The molecule has 0 N–H and O–H groups in total. The Bertz CT molecular complexity index is 962. The van der Waals surface area contributed by atoms with E-state index in [2.05, 4.69) is 4.98 Å². The lowest BCUT2D eigenvalue weighted by atomic mass is 10.2. The third kappa shape index (κ3) is 3.32. The maximum absolute atomic E-state index is 12.3. The van der Waals surface area contributed by atoms with Crippen LogP contribution in [0.4, 0.5) is 0 Å². The fraction of sp³-hybridized carbons (Fsp3) is 0.412. The van der Waals surface area contributed by atoms with Crippen molar-refractivity contribution in [2.45, 2.75) is 43.2 Å². The van der Waals surface area contributed by atoms with Crippen molar-refractivity contribution in [1.82, 2.24) is 9.55 Å². The molecule has 25 heavy (non-hydrogen) atoms. The molecule has 1 aromatic heterocycles. The van der Waals surface area contributed by atoms with Crippen LogP contribution >= 0.6 is 0 Å².